The maximum Gasteiger partial charge on any atom is 0.260 e. The van der Waals surface area contributed by atoms with Gasteiger partial charge in [-0.2, -0.15) is 0 Å². The van der Waals surface area contributed by atoms with E-state index in [0.717, 1.165) is 31.6 Å². The Morgan fingerprint density at radius 1 is 1.08 bits per heavy atom. The Hall–Kier alpha value is -1.69. The SMILES string of the molecule is O=C(COc1ccc(F)cc1F)N1CCCN(C2CCCC2)CC1. The van der Waals surface area contributed by atoms with Crippen molar-refractivity contribution in [3.05, 3.63) is 29.8 Å². The molecule has 3 rings (SSSR count). The van der Waals surface area contributed by atoms with E-state index in [1.165, 1.54) is 31.7 Å². The van der Waals surface area contributed by atoms with Crippen LogP contribution < -0.4 is 4.74 Å². The van der Waals surface area contributed by atoms with E-state index in [2.05, 4.69) is 4.90 Å². The monoisotopic (exact) mass is 338 g/mol. The maximum absolute atomic E-state index is 13.5. The van der Waals surface area contributed by atoms with Gasteiger partial charge >= 0.3 is 0 Å². The second kappa shape index (κ2) is 7.92. The van der Waals surface area contributed by atoms with Gasteiger partial charge in [0, 0.05) is 38.3 Å². The molecule has 24 heavy (non-hydrogen) atoms. The standard InChI is InChI=1S/C18H24F2N2O2/c19-14-6-7-17(16(20)12-14)24-13-18(23)22-9-3-8-21(10-11-22)15-4-1-2-5-15/h6-7,12,15H,1-5,8-11,13H2. The van der Waals surface area contributed by atoms with E-state index >= 15 is 0 Å². The summed E-state index contributed by atoms with van der Waals surface area (Å²) in [5.41, 5.74) is 0. The van der Waals surface area contributed by atoms with Crippen LogP contribution in [0.3, 0.4) is 0 Å². The van der Waals surface area contributed by atoms with E-state index in [1.807, 2.05) is 0 Å². The fourth-order valence-corrected chi connectivity index (χ4v) is 3.64. The third-order valence-electron chi connectivity index (χ3n) is 4.97. The second-order valence-electron chi connectivity index (χ2n) is 6.57. The Labute approximate surface area is 141 Å². The minimum Gasteiger partial charge on any atom is -0.481 e. The van der Waals surface area contributed by atoms with Crippen molar-refractivity contribution in [1.82, 2.24) is 9.80 Å². The quantitative estimate of drug-likeness (QED) is 0.846. The van der Waals surface area contributed by atoms with E-state index in [-0.39, 0.29) is 18.3 Å². The molecule has 0 radical (unpaired) electrons. The first-order chi connectivity index (χ1) is 11.6. The topological polar surface area (TPSA) is 32.8 Å². The minimum absolute atomic E-state index is 0.0906. The van der Waals surface area contributed by atoms with Crippen molar-refractivity contribution in [2.24, 2.45) is 0 Å². The Balaban J connectivity index is 1.49. The van der Waals surface area contributed by atoms with Crippen molar-refractivity contribution in [2.45, 2.75) is 38.1 Å². The Bertz CT molecular complexity index is 576. The lowest BCUT2D eigenvalue weighted by Gasteiger charge is -2.27. The van der Waals surface area contributed by atoms with Crippen LogP contribution in [0.5, 0.6) is 5.75 Å². The number of amides is 1. The summed E-state index contributed by atoms with van der Waals surface area (Å²) in [6.07, 6.45) is 6.09. The summed E-state index contributed by atoms with van der Waals surface area (Å²) in [5, 5.41) is 0. The molecule has 1 heterocycles. The number of carbonyl (C=O) groups excluding carboxylic acids is 1. The molecule has 1 aromatic carbocycles. The normalized spacial score (nSPS) is 20.2. The smallest absolute Gasteiger partial charge is 0.260 e. The molecule has 1 aromatic rings. The largest absolute Gasteiger partial charge is 0.481 e. The third-order valence-corrected chi connectivity index (χ3v) is 4.97. The highest BCUT2D eigenvalue weighted by molar-refractivity contribution is 5.77. The first-order valence-electron chi connectivity index (χ1n) is 8.73. The minimum atomic E-state index is -0.786. The van der Waals surface area contributed by atoms with Gasteiger partial charge in [0.1, 0.15) is 5.82 Å². The van der Waals surface area contributed by atoms with Crippen LogP contribution in [-0.2, 0) is 4.79 Å². The first-order valence-corrected chi connectivity index (χ1v) is 8.73. The fraction of sp³-hybridized carbons (Fsp3) is 0.611. The van der Waals surface area contributed by atoms with Crippen LogP contribution in [0.15, 0.2) is 18.2 Å². The van der Waals surface area contributed by atoms with Crippen LogP contribution in [-0.4, -0.2) is 54.5 Å². The lowest BCUT2D eigenvalue weighted by molar-refractivity contribution is -0.133. The van der Waals surface area contributed by atoms with E-state index < -0.39 is 11.6 Å². The molecule has 0 N–H and O–H groups in total. The van der Waals surface area contributed by atoms with E-state index in [9.17, 15) is 13.6 Å². The fourth-order valence-electron chi connectivity index (χ4n) is 3.64. The predicted octanol–water partition coefficient (Wildman–Crippen LogP) is 2.82. The number of nitrogens with zero attached hydrogens (tertiary/aromatic N) is 2. The zero-order chi connectivity index (χ0) is 16.9. The summed E-state index contributed by atoms with van der Waals surface area (Å²) in [6.45, 7) is 3.09. The van der Waals surface area contributed by atoms with Gasteiger partial charge in [-0.25, -0.2) is 8.78 Å². The molecule has 6 heteroatoms. The average molecular weight is 338 g/mol. The van der Waals surface area contributed by atoms with Gasteiger partial charge in [-0.3, -0.25) is 9.69 Å². The van der Waals surface area contributed by atoms with E-state index in [0.29, 0.717) is 19.1 Å². The number of hydrogen-bond donors (Lipinski definition) is 0. The van der Waals surface area contributed by atoms with Crippen molar-refractivity contribution in [1.29, 1.82) is 0 Å². The highest BCUT2D eigenvalue weighted by Crippen LogP contribution is 2.24. The molecule has 1 amide bonds. The number of hydrogen-bond acceptors (Lipinski definition) is 3. The Morgan fingerprint density at radius 3 is 2.62 bits per heavy atom. The third kappa shape index (κ3) is 4.23. The Morgan fingerprint density at radius 2 is 1.88 bits per heavy atom. The van der Waals surface area contributed by atoms with Crippen LogP contribution in [0, 0.1) is 11.6 Å². The molecule has 1 aliphatic carbocycles. The maximum atomic E-state index is 13.5. The summed E-state index contributed by atoms with van der Waals surface area (Å²) in [7, 11) is 0. The molecule has 0 unspecified atom stereocenters. The molecular weight excluding hydrogens is 314 g/mol. The van der Waals surface area contributed by atoms with Crippen LogP contribution >= 0.6 is 0 Å². The summed E-state index contributed by atoms with van der Waals surface area (Å²) >= 11 is 0. The average Bonchev–Trinajstić information content (AvgIpc) is 2.98. The molecule has 1 saturated carbocycles. The summed E-state index contributed by atoms with van der Waals surface area (Å²) in [4.78, 5) is 16.6. The van der Waals surface area contributed by atoms with Gasteiger partial charge in [0.2, 0.25) is 0 Å². The molecule has 132 valence electrons. The van der Waals surface area contributed by atoms with Crippen molar-refractivity contribution < 1.29 is 18.3 Å². The highest BCUT2D eigenvalue weighted by Gasteiger charge is 2.26. The number of rotatable bonds is 4. The number of ether oxygens (including phenoxy) is 1. The zero-order valence-corrected chi connectivity index (χ0v) is 13.8. The van der Waals surface area contributed by atoms with Gasteiger partial charge in [-0.05, 0) is 31.4 Å². The van der Waals surface area contributed by atoms with Gasteiger partial charge in [0.05, 0.1) is 0 Å². The van der Waals surface area contributed by atoms with Crippen molar-refractivity contribution in [3.63, 3.8) is 0 Å². The van der Waals surface area contributed by atoms with Crippen molar-refractivity contribution in [3.8, 4) is 5.75 Å². The van der Waals surface area contributed by atoms with E-state index in [4.69, 9.17) is 4.74 Å². The van der Waals surface area contributed by atoms with Gasteiger partial charge in [0.15, 0.2) is 18.2 Å². The molecule has 0 spiro atoms. The summed E-state index contributed by atoms with van der Waals surface area (Å²) < 4.78 is 31.6. The summed E-state index contributed by atoms with van der Waals surface area (Å²) in [5.74, 6) is -1.68. The lowest BCUT2D eigenvalue weighted by atomic mass is 10.2. The number of benzene rings is 1. The van der Waals surface area contributed by atoms with Crippen LogP contribution in [0.2, 0.25) is 0 Å². The molecule has 4 nitrogen and oxygen atoms in total. The van der Waals surface area contributed by atoms with Gasteiger partial charge in [-0.1, -0.05) is 12.8 Å². The molecular formula is C18H24F2N2O2. The van der Waals surface area contributed by atoms with E-state index in [1.54, 1.807) is 4.90 Å². The predicted molar refractivity (Wildman–Crippen MR) is 86.9 cm³/mol. The van der Waals surface area contributed by atoms with Gasteiger partial charge in [0.25, 0.3) is 5.91 Å². The molecule has 1 saturated heterocycles. The second-order valence-corrected chi connectivity index (χ2v) is 6.57. The molecule has 1 aliphatic heterocycles. The highest BCUT2D eigenvalue weighted by atomic mass is 19.1. The molecule has 2 fully saturated rings. The van der Waals surface area contributed by atoms with Gasteiger partial charge in [-0.15, -0.1) is 0 Å². The van der Waals surface area contributed by atoms with Crippen LogP contribution in [0.25, 0.3) is 0 Å². The summed E-state index contributed by atoms with van der Waals surface area (Å²) in [6, 6.07) is 3.76. The van der Waals surface area contributed by atoms with Crippen LogP contribution in [0.1, 0.15) is 32.1 Å². The first kappa shape index (κ1) is 17.1. The zero-order valence-electron chi connectivity index (χ0n) is 13.8. The Kier molecular flexibility index (Phi) is 5.66. The lowest BCUT2D eigenvalue weighted by Crippen LogP contribution is -2.40. The van der Waals surface area contributed by atoms with Gasteiger partial charge < -0.3 is 9.64 Å². The number of halogens is 2. The van der Waals surface area contributed by atoms with Crippen molar-refractivity contribution in [2.75, 3.05) is 32.8 Å². The van der Waals surface area contributed by atoms with Crippen molar-refractivity contribution >= 4 is 5.91 Å². The molecule has 0 atom stereocenters. The van der Waals surface area contributed by atoms with Crippen LogP contribution in [0.4, 0.5) is 8.78 Å². The molecule has 0 aromatic heterocycles. The molecule has 2 aliphatic rings. The number of carbonyl (C=O) groups is 1. The molecule has 0 bridgehead atoms.